The van der Waals surface area contributed by atoms with Crippen LogP contribution < -0.4 is 10.1 Å². The number of aliphatic hydroxyl groups is 1. The SMILES string of the molecule is COCCCC[C@@](O)(c1cc(Oc2ccc(F)cc2)ccc1F)[C@@H]1CCCNC1. The van der Waals surface area contributed by atoms with Crippen molar-refractivity contribution in [3.8, 4) is 11.5 Å². The Morgan fingerprint density at radius 2 is 1.86 bits per heavy atom. The molecule has 1 heterocycles. The number of rotatable bonds is 9. The summed E-state index contributed by atoms with van der Waals surface area (Å²) in [5.41, 5.74) is -1.05. The highest BCUT2D eigenvalue weighted by Crippen LogP contribution is 2.41. The molecule has 158 valence electrons. The van der Waals surface area contributed by atoms with Crippen molar-refractivity contribution in [2.45, 2.75) is 37.7 Å². The highest BCUT2D eigenvalue weighted by atomic mass is 19.1. The molecule has 0 spiro atoms. The van der Waals surface area contributed by atoms with Crippen LogP contribution in [-0.4, -0.2) is 31.9 Å². The van der Waals surface area contributed by atoms with Gasteiger partial charge in [-0.05, 0) is 81.1 Å². The van der Waals surface area contributed by atoms with Gasteiger partial charge in [-0.2, -0.15) is 0 Å². The number of ether oxygens (including phenoxy) is 2. The maximum absolute atomic E-state index is 14.9. The van der Waals surface area contributed by atoms with E-state index in [1.165, 1.54) is 36.4 Å². The Kier molecular flexibility index (Phi) is 7.58. The van der Waals surface area contributed by atoms with Crippen LogP contribution in [0.4, 0.5) is 8.78 Å². The molecule has 2 aromatic carbocycles. The second-order valence-electron chi connectivity index (χ2n) is 7.62. The fourth-order valence-corrected chi connectivity index (χ4v) is 4.00. The summed E-state index contributed by atoms with van der Waals surface area (Å²) in [6.07, 6.45) is 3.74. The molecule has 3 rings (SSSR count). The van der Waals surface area contributed by atoms with Crippen LogP contribution in [0.15, 0.2) is 42.5 Å². The third-order valence-electron chi connectivity index (χ3n) is 5.58. The van der Waals surface area contributed by atoms with E-state index in [9.17, 15) is 13.9 Å². The summed E-state index contributed by atoms with van der Waals surface area (Å²) < 4.78 is 38.9. The Morgan fingerprint density at radius 3 is 2.55 bits per heavy atom. The van der Waals surface area contributed by atoms with Gasteiger partial charge in [0.15, 0.2) is 0 Å². The fourth-order valence-electron chi connectivity index (χ4n) is 4.00. The topological polar surface area (TPSA) is 50.7 Å². The third-order valence-corrected chi connectivity index (χ3v) is 5.58. The number of hydrogen-bond donors (Lipinski definition) is 2. The van der Waals surface area contributed by atoms with Gasteiger partial charge in [-0.25, -0.2) is 8.78 Å². The van der Waals surface area contributed by atoms with E-state index in [1.54, 1.807) is 13.2 Å². The standard InChI is InChI=1S/C23H29F2NO3/c1-28-14-3-2-12-23(27,17-5-4-13-26-16-17)21-15-20(10-11-22(21)25)29-19-8-6-18(24)7-9-19/h6-11,15,17,26-27H,2-5,12-14,16H2,1H3/t17-,23+/m1/s1. The van der Waals surface area contributed by atoms with Crippen molar-refractivity contribution in [3.63, 3.8) is 0 Å². The molecular formula is C23H29F2NO3. The molecule has 0 aromatic heterocycles. The van der Waals surface area contributed by atoms with E-state index in [-0.39, 0.29) is 17.3 Å². The van der Waals surface area contributed by atoms with Crippen LogP contribution in [-0.2, 0) is 10.3 Å². The van der Waals surface area contributed by atoms with E-state index in [0.717, 1.165) is 32.2 Å². The van der Waals surface area contributed by atoms with Crippen molar-refractivity contribution in [2.75, 3.05) is 26.8 Å². The molecule has 29 heavy (non-hydrogen) atoms. The van der Waals surface area contributed by atoms with E-state index in [0.29, 0.717) is 31.1 Å². The van der Waals surface area contributed by atoms with E-state index >= 15 is 0 Å². The molecule has 4 nitrogen and oxygen atoms in total. The lowest BCUT2D eigenvalue weighted by Crippen LogP contribution is -2.44. The van der Waals surface area contributed by atoms with Crippen molar-refractivity contribution in [2.24, 2.45) is 5.92 Å². The molecule has 2 N–H and O–H groups in total. The highest BCUT2D eigenvalue weighted by molar-refractivity contribution is 5.37. The quantitative estimate of drug-likeness (QED) is 0.591. The van der Waals surface area contributed by atoms with Crippen LogP contribution in [0, 0.1) is 17.6 Å². The zero-order valence-corrected chi connectivity index (χ0v) is 16.8. The summed E-state index contributed by atoms with van der Waals surface area (Å²) in [5.74, 6) is -0.0305. The first-order chi connectivity index (χ1) is 14.0. The van der Waals surface area contributed by atoms with Crippen LogP contribution >= 0.6 is 0 Å². The summed E-state index contributed by atoms with van der Waals surface area (Å²) in [7, 11) is 1.65. The predicted octanol–water partition coefficient (Wildman–Crippen LogP) is 4.76. The van der Waals surface area contributed by atoms with E-state index in [4.69, 9.17) is 9.47 Å². The van der Waals surface area contributed by atoms with E-state index in [2.05, 4.69) is 5.32 Å². The fraction of sp³-hybridized carbons (Fsp3) is 0.478. The smallest absolute Gasteiger partial charge is 0.129 e. The number of halogens is 2. The normalized spacial score (nSPS) is 19.0. The molecule has 1 saturated heterocycles. The van der Waals surface area contributed by atoms with Gasteiger partial charge in [0.2, 0.25) is 0 Å². The second kappa shape index (κ2) is 10.1. The Bertz CT molecular complexity index is 778. The molecule has 0 aliphatic carbocycles. The number of hydrogen-bond acceptors (Lipinski definition) is 4. The van der Waals surface area contributed by atoms with E-state index < -0.39 is 11.4 Å². The lowest BCUT2D eigenvalue weighted by molar-refractivity contribution is -0.0461. The molecule has 2 atom stereocenters. The maximum atomic E-state index is 14.9. The molecule has 6 heteroatoms. The number of nitrogens with one attached hydrogen (secondary N) is 1. The van der Waals surface area contributed by atoms with Crippen molar-refractivity contribution < 1.29 is 23.4 Å². The van der Waals surface area contributed by atoms with Gasteiger partial charge in [0, 0.05) is 31.7 Å². The van der Waals surface area contributed by atoms with Gasteiger partial charge < -0.3 is 19.9 Å². The van der Waals surface area contributed by atoms with Crippen molar-refractivity contribution in [1.82, 2.24) is 5.32 Å². The van der Waals surface area contributed by atoms with Gasteiger partial charge in [-0.3, -0.25) is 0 Å². The summed E-state index contributed by atoms with van der Waals surface area (Å²) in [5, 5.41) is 15.0. The molecule has 1 aliphatic heterocycles. The number of unbranched alkanes of at least 4 members (excludes halogenated alkanes) is 1. The molecule has 0 amide bonds. The van der Waals surface area contributed by atoms with Crippen LogP contribution in [0.3, 0.4) is 0 Å². The first-order valence-electron chi connectivity index (χ1n) is 10.2. The van der Waals surface area contributed by atoms with Crippen molar-refractivity contribution in [1.29, 1.82) is 0 Å². The summed E-state index contributed by atoms with van der Waals surface area (Å²) >= 11 is 0. The molecule has 1 aliphatic rings. The van der Waals surface area contributed by atoms with Crippen LogP contribution in [0.2, 0.25) is 0 Å². The molecule has 0 unspecified atom stereocenters. The lowest BCUT2D eigenvalue weighted by atomic mass is 9.74. The van der Waals surface area contributed by atoms with Gasteiger partial charge in [0.05, 0.1) is 5.60 Å². The Balaban J connectivity index is 1.87. The number of piperidine rings is 1. The van der Waals surface area contributed by atoms with Gasteiger partial charge in [-0.15, -0.1) is 0 Å². The van der Waals surface area contributed by atoms with Crippen molar-refractivity contribution in [3.05, 3.63) is 59.7 Å². The summed E-state index contributed by atoms with van der Waals surface area (Å²) in [6.45, 7) is 2.16. The lowest BCUT2D eigenvalue weighted by Gasteiger charge is -2.39. The Hall–Kier alpha value is -2.02. The average molecular weight is 405 g/mol. The first-order valence-corrected chi connectivity index (χ1v) is 10.2. The monoisotopic (exact) mass is 405 g/mol. The minimum absolute atomic E-state index is 0.0885. The molecule has 0 bridgehead atoms. The largest absolute Gasteiger partial charge is 0.457 e. The Morgan fingerprint density at radius 1 is 1.10 bits per heavy atom. The van der Waals surface area contributed by atoms with Crippen LogP contribution in [0.25, 0.3) is 0 Å². The van der Waals surface area contributed by atoms with Gasteiger partial charge in [-0.1, -0.05) is 0 Å². The zero-order valence-electron chi connectivity index (χ0n) is 16.8. The average Bonchev–Trinajstić information content (AvgIpc) is 2.75. The number of methoxy groups -OCH3 is 1. The molecule has 0 saturated carbocycles. The minimum atomic E-state index is -1.30. The summed E-state index contributed by atoms with van der Waals surface area (Å²) in [6, 6.07) is 10.1. The minimum Gasteiger partial charge on any atom is -0.457 e. The first kappa shape index (κ1) is 21.7. The highest BCUT2D eigenvalue weighted by Gasteiger charge is 2.40. The molecule has 2 aromatic rings. The molecule has 0 radical (unpaired) electrons. The van der Waals surface area contributed by atoms with Gasteiger partial charge in [0.25, 0.3) is 0 Å². The van der Waals surface area contributed by atoms with Crippen molar-refractivity contribution >= 4 is 0 Å². The Labute approximate surface area is 170 Å². The second-order valence-corrected chi connectivity index (χ2v) is 7.62. The molecule has 1 fully saturated rings. The number of benzene rings is 2. The van der Waals surface area contributed by atoms with Crippen LogP contribution in [0.5, 0.6) is 11.5 Å². The van der Waals surface area contributed by atoms with Crippen LogP contribution in [0.1, 0.15) is 37.7 Å². The predicted molar refractivity (Wildman–Crippen MR) is 108 cm³/mol. The maximum Gasteiger partial charge on any atom is 0.129 e. The van der Waals surface area contributed by atoms with Gasteiger partial charge in [0.1, 0.15) is 23.1 Å². The van der Waals surface area contributed by atoms with Gasteiger partial charge >= 0.3 is 0 Å². The summed E-state index contributed by atoms with van der Waals surface area (Å²) in [4.78, 5) is 0. The third kappa shape index (κ3) is 5.53. The zero-order chi connectivity index (χ0) is 20.7. The molecular weight excluding hydrogens is 376 g/mol. The van der Waals surface area contributed by atoms with E-state index in [1.807, 2.05) is 0 Å².